The normalized spacial score (nSPS) is 19.1. The van der Waals surface area contributed by atoms with E-state index in [-0.39, 0.29) is 11.3 Å². The van der Waals surface area contributed by atoms with Gasteiger partial charge in [-0.3, -0.25) is 9.78 Å². The molecule has 0 unspecified atom stereocenters. The number of amides is 1. The number of hydrogen-bond acceptors (Lipinski definition) is 4. The molecule has 1 saturated heterocycles. The molecule has 160 valence electrons. The molecule has 1 amide bonds. The molecule has 5 nitrogen and oxygen atoms in total. The molecule has 2 fully saturated rings. The van der Waals surface area contributed by atoms with Crippen molar-refractivity contribution in [1.29, 1.82) is 0 Å². The van der Waals surface area contributed by atoms with Gasteiger partial charge in [0.15, 0.2) is 0 Å². The summed E-state index contributed by atoms with van der Waals surface area (Å²) in [7, 11) is 0. The number of pyridine rings is 1. The molecule has 2 aromatic heterocycles. The predicted octanol–water partition coefficient (Wildman–Crippen LogP) is 5.12. The van der Waals surface area contributed by atoms with Gasteiger partial charge in [0.25, 0.3) is 0 Å². The maximum atomic E-state index is 13.0. The fourth-order valence-corrected chi connectivity index (χ4v) is 4.80. The molecule has 0 bridgehead atoms. The van der Waals surface area contributed by atoms with E-state index in [2.05, 4.69) is 30.7 Å². The molecule has 1 aliphatic carbocycles. The average molecular weight is 407 g/mol. The highest BCUT2D eigenvalue weighted by molar-refractivity contribution is 5.79. The molecular weight excluding hydrogens is 372 g/mol. The van der Waals surface area contributed by atoms with Crippen LogP contribution in [0.3, 0.4) is 0 Å². The van der Waals surface area contributed by atoms with E-state index in [4.69, 9.17) is 9.97 Å². The molecule has 0 radical (unpaired) electrons. The lowest BCUT2D eigenvalue weighted by Gasteiger charge is -2.35. The Morgan fingerprint density at radius 1 is 1.00 bits per heavy atom. The van der Waals surface area contributed by atoms with Crippen LogP contribution in [0.1, 0.15) is 83.2 Å². The first-order chi connectivity index (χ1) is 14.4. The lowest BCUT2D eigenvalue weighted by molar-refractivity contribution is -0.137. The SMILES string of the molecule is CC(C)(C)c1ncc(-c2ccncc2)c(C2CCN(C(=O)C3CCCCC3)CC2)n1. The summed E-state index contributed by atoms with van der Waals surface area (Å²) in [5, 5.41) is 0. The quantitative estimate of drug-likeness (QED) is 0.710. The van der Waals surface area contributed by atoms with Gasteiger partial charge < -0.3 is 4.90 Å². The van der Waals surface area contributed by atoms with Gasteiger partial charge in [0.05, 0.1) is 5.69 Å². The highest BCUT2D eigenvalue weighted by Gasteiger charge is 2.31. The highest BCUT2D eigenvalue weighted by Crippen LogP contribution is 2.36. The third kappa shape index (κ3) is 4.55. The number of piperidine rings is 1. The minimum atomic E-state index is -0.0941. The Kier molecular flexibility index (Phi) is 6.16. The third-order valence-electron chi connectivity index (χ3n) is 6.63. The molecule has 4 rings (SSSR count). The average Bonchev–Trinajstić information content (AvgIpc) is 2.79. The van der Waals surface area contributed by atoms with Crippen molar-refractivity contribution in [3.05, 3.63) is 42.2 Å². The van der Waals surface area contributed by atoms with Crippen molar-refractivity contribution in [2.24, 2.45) is 5.92 Å². The standard InChI is InChI=1S/C25H34N4O/c1-25(2,3)24-27-17-21(18-9-13-26-14-10-18)22(28-24)19-11-15-29(16-12-19)23(30)20-7-5-4-6-8-20/h9-10,13-14,17,19-20H,4-8,11-12,15-16H2,1-3H3. The number of carbonyl (C=O) groups is 1. The van der Waals surface area contributed by atoms with E-state index in [1.54, 1.807) is 0 Å². The monoisotopic (exact) mass is 406 g/mol. The summed E-state index contributed by atoms with van der Waals surface area (Å²) >= 11 is 0. The summed E-state index contributed by atoms with van der Waals surface area (Å²) in [6, 6.07) is 4.06. The number of nitrogens with zero attached hydrogens (tertiary/aromatic N) is 4. The first kappa shape index (κ1) is 21.0. The Labute approximate surface area is 180 Å². The molecule has 0 atom stereocenters. The Morgan fingerprint density at radius 2 is 1.67 bits per heavy atom. The van der Waals surface area contributed by atoms with Gasteiger partial charge >= 0.3 is 0 Å². The lowest BCUT2D eigenvalue weighted by Crippen LogP contribution is -2.42. The fraction of sp³-hybridized carbons (Fsp3) is 0.600. The molecule has 2 aliphatic rings. The van der Waals surface area contributed by atoms with Crippen LogP contribution in [0.25, 0.3) is 11.1 Å². The van der Waals surface area contributed by atoms with Crippen LogP contribution in [0, 0.1) is 5.92 Å². The van der Waals surface area contributed by atoms with Crippen LogP contribution >= 0.6 is 0 Å². The van der Waals surface area contributed by atoms with Crippen molar-refractivity contribution in [3.63, 3.8) is 0 Å². The van der Waals surface area contributed by atoms with E-state index >= 15 is 0 Å². The van der Waals surface area contributed by atoms with E-state index in [0.717, 1.165) is 61.4 Å². The topological polar surface area (TPSA) is 59.0 Å². The van der Waals surface area contributed by atoms with Crippen LogP contribution in [-0.4, -0.2) is 38.8 Å². The van der Waals surface area contributed by atoms with Crippen molar-refractivity contribution in [1.82, 2.24) is 19.9 Å². The van der Waals surface area contributed by atoms with Gasteiger partial charge in [-0.15, -0.1) is 0 Å². The molecule has 0 spiro atoms. The van der Waals surface area contributed by atoms with Crippen LogP contribution in [0.2, 0.25) is 0 Å². The van der Waals surface area contributed by atoms with Gasteiger partial charge in [-0.2, -0.15) is 0 Å². The highest BCUT2D eigenvalue weighted by atomic mass is 16.2. The van der Waals surface area contributed by atoms with Crippen LogP contribution in [0.15, 0.2) is 30.7 Å². The van der Waals surface area contributed by atoms with Gasteiger partial charge in [0, 0.05) is 54.5 Å². The maximum absolute atomic E-state index is 13.0. The summed E-state index contributed by atoms with van der Waals surface area (Å²) in [6.07, 6.45) is 13.4. The first-order valence-corrected chi connectivity index (χ1v) is 11.5. The zero-order valence-corrected chi connectivity index (χ0v) is 18.6. The van der Waals surface area contributed by atoms with Crippen LogP contribution in [0.4, 0.5) is 0 Å². The van der Waals surface area contributed by atoms with Crippen LogP contribution in [0.5, 0.6) is 0 Å². The van der Waals surface area contributed by atoms with Gasteiger partial charge in [-0.05, 0) is 43.4 Å². The predicted molar refractivity (Wildman–Crippen MR) is 119 cm³/mol. The number of carbonyl (C=O) groups excluding carboxylic acids is 1. The van der Waals surface area contributed by atoms with E-state index in [1.165, 1.54) is 19.3 Å². The van der Waals surface area contributed by atoms with Crippen molar-refractivity contribution in [3.8, 4) is 11.1 Å². The number of hydrogen-bond donors (Lipinski definition) is 0. The lowest BCUT2D eigenvalue weighted by atomic mass is 9.85. The van der Waals surface area contributed by atoms with E-state index in [0.29, 0.717) is 11.8 Å². The zero-order valence-electron chi connectivity index (χ0n) is 18.6. The van der Waals surface area contributed by atoms with Crippen molar-refractivity contribution >= 4 is 5.91 Å². The summed E-state index contributed by atoms with van der Waals surface area (Å²) in [5.41, 5.74) is 3.25. The fourth-order valence-electron chi connectivity index (χ4n) is 4.80. The van der Waals surface area contributed by atoms with E-state index < -0.39 is 0 Å². The van der Waals surface area contributed by atoms with Crippen molar-refractivity contribution in [2.75, 3.05) is 13.1 Å². The molecular formula is C25H34N4O. The molecule has 3 heterocycles. The number of rotatable bonds is 3. The summed E-state index contributed by atoms with van der Waals surface area (Å²) in [6.45, 7) is 8.15. The Hall–Kier alpha value is -2.30. The van der Waals surface area contributed by atoms with Crippen LogP contribution < -0.4 is 0 Å². The molecule has 1 saturated carbocycles. The minimum absolute atomic E-state index is 0.0941. The second-order valence-corrected chi connectivity index (χ2v) is 9.91. The van der Waals surface area contributed by atoms with Crippen LogP contribution in [-0.2, 0) is 10.2 Å². The molecule has 1 aliphatic heterocycles. The molecule has 5 heteroatoms. The van der Waals surface area contributed by atoms with Crippen molar-refractivity contribution in [2.45, 2.75) is 77.0 Å². The Bertz CT molecular complexity index is 860. The summed E-state index contributed by atoms with van der Waals surface area (Å²) in [5.74, 6) is 1.89. The number of aromatic nitrogens is 3. The summed E-state index contributed by atoms with van der Waals surface area (Å²) in [4.78, 5) is 29.0. The Balaban J connectivity index is 1.55. The van der Waals surface area contributed by atoms with Crippen molar-refractivity contribution < 1.29 is 4.79 Å². The van der Waals surface area contributed by atoms with Gasteiger partial charge in [-0.1, -0.05) is 40.0 Å². The molecule has 0 N–H and O–H groups in total. The second kappa shape index (κ2) is 8.83. The van der Waals surface area contributed by atoms with E-state index in [9.17, 15) is 4.79 Å². The second-order valence-electron chi connectivity index (χ2n) is 9.91. The summed E-state index contributed by atoms with van der Waals surface area (Å²) < 4.78 is 0. The van der Waals surface area contributed by atoms with Gasteiger partial charge in [-0.25, -0.2) is 9.97 Å². The Morgan fingerprint density at radius 3 is 2.30 bits per heavy atom. The molecule has 0 aromatic carbocycles. The third-order valence-corrected chi connectivity index (χ3v) is 6.63. The maximum Gasteiger partial charge on any atom is 0.225 e. The van der Waals surface area contributed by atoms with E-state index in [1.807, 2.05) is 30.7 Å². The largest absolute Gasteiger partial charge is 0.342 e. The van der Waals surface area contributed by atoms with Gasteiger partial charge in [0.2, 0.25) is 5.91 Å². The minimum Gasteiger partial charge on any atom is -0.342 e. The van der Waals surface area contributed by atoms with Gasteiger partial charge in [0.1, 0.15) is 5.82 Å². The number of likely N-dealkylation sites (tertiary alicyclic amines) is 1. The zero-order chi connectivity index (χ0) is 21.1. The smallest absolute Gasteiger partial charge is 0.225 e. The first-order valence-electron chi connectivity index (χ1n) is 11.5. The molecule has 30 heavy (non-hydrogen) atoms. The molecule has 2 aromatic rings.